The SMILES string of the molecule is CC1CN(C(=O)c2cccc(Cl)c2)Cc2ccccc2N1C. The predicted octanol–water partition coefficient (Wildman–Crippen LogP) is 3.82. The molecular formula is C18H19ClN2O. The monoisotopic (exact) mass is 314 g/mol. The highest BCUT2D eigenvalue weighted by Crippen LogP contribution is 2.27. The first-order valence-corrected chi connectivity index (χ1v) is 7.79. The van der Waals surface area contributed by atoms with Crippen LogP contribution in [0.1, 0.15) is 22.8 Å². The molecule has 0 spiro atoms. The standard InChI is InChI=1S/C18H19ClN2O/c1-13-11-21(18(22)14-7-5-8-16(19)10-14)12-15-6-3-4-9-17(15)20(13)2/h3-10,13H,11-12H2,1-2H3. The largest absolute Gasteiger partial charge is 0.370 e. The summed E-state index contributed by atoms with van der Waals surface area (Å²) >= 11 is 6.01. The van der Waals surface area contributed by atoms with E-state index in [2.05, 4.69) is 31.0 Å². The summed E-state index contributed by atoms with van der Waals surface area (Å²) in [5.74, 6) is 0.0273. The highest BCUT2D eigenvalue weighted by molar-refractivity contribution is 6.30. The minimum Gasteiger partial charge on any atom is -0.370 e. The molecule has 0 fully saturated rings. The van der Waals surface area contributed by atoms with E-state index in [4.69, 9.17) is 11.6 Å². The van der Waals surface area contributed by atoms with Crippen LogP contribution < -0.4 is 4.90 Å². The van der Waals surface area contributed by atoms with Crippen LogP contribution >= 0.6 is 11.6 Å². The zero-order chi connectivity index (χ0) is 15.7. The average molecular weight is 315 g/mol. The van der Waals surface area contributed by atoms with Crippen molar-refractivity contribution in [3.8, 4) is 0 Å². The van der Waals surface area contributed by atoms with E-state index >= 15 is 0 Å². The highest BCUT2D eigenvalue weighted by Gasteiger charge is 2.26. The Labute approximate surface area is 136 Å². The summed E-state index contributed by atoms with van der Waals surface area (Å²) < 4.78 is 0. The topological polar surface area (TPSA) is 23.6 Å². The number of benzene rings is 2. The first-order chi connectivity index (χ1) is 10.6. The second-order valence-electron chi connectivity index (χ2n) is 5.78. The lowest BCUT2D eigenvalue weighted by Crippen LogP contribution is -2.40. The zero-order valence-corrected chi connectivity index (χ0v) is 13.5. The smallest absolute Gasteiger partial charge is 0.254 e. The van der Waals surface area contributed by atoms with Gasteiger partial charge in [0.2, 0.25) is 0 Å². The van der Waals surface area contributed by atoms with E-state index in [1.165, 1.54) is 11.3 Å². The minimum atomic E-state index is 0.0273. The molecule has 1 aliphatic rings. The van der Waals surface area contributed by atoms with Gasteiger partial charge in [-0.25, -0.2) is 0 Å². The van der Waals surface area contributed by atoms with E-state index in [0.29, 0.717) is 23.7 Å². The molecule has 1 amide bonds. The fourth-order valence-electron chi connectivity index (χ4n) is 2.90. The Morgan fingerprint density at radius 2 is 1.95 bits per heavy atom. The van der Waals surface area contributed by atoms with Crippen LogP contribution in [-0.2, 0) is 6.54 Å². The van der Waals surface area contributed by atoms with Crippen molar-refractivity contribution in [2.45, 2.75) is 19.5 Å². The van der Waals surface area contributed by atoms with Gasteiger partial charge in [-0.2, -0.15) is 0 Å². The van der Waals surface area contributed by atoms with Crippen molar-refractivity contribution in [3.63, 3.8) is 0 Å². The fourth-order valence-corrected chi connectivity index (χ4v) is 3.09. The van der Waals surface area contributed by atoms with Crippen molar-refractivity contribution in [3.05, 3.63) is 64.7 Å². The Kier molecular flexibility index (Phi) is 4.08. The van der Waals surface area contributed by atoms with Crippen molar-refractivity contribution in [1.29, 1.82) is 0 Å². The quantitative estimate of drug-likeness (QED) is 0.799. The highest BCUT2D eigenvalue weighted by atomic mass is 35.5. The molecule has 0 saturated heterocycles. The number of nitrogens with zero attached hydrogens (tertiary/aromatic N) is 2. The lowest BCUT2D eigenvalue weighted by atomic mass is 10.1. The van der Waals surface area contributed by atoms with Crippen LogP contribution in [0.25, 0.3) is 0 Å². The van der Waals surface area contributed by atoms with Gasteiger partial charge in [0.25, 0.3) is 5.91 Å². The third-order valence-corrected chi connectivity index (χ3v) is 4.47. The van der Waals surface area contributed by atoms with Gasteiger partial charge in [0.1, 0.15) is 0 Å². The van der Waals surface area contributed by atoms with Crippen molar-refractivity contribution >= 4 is 23.2 Å². The van der Waals surface area contributed by atoms with E-state index in [9.17, 15) is 4.79 Å². The van der Waals surface area contributed by atoms with Crippen molar-refractivity contribution in [2.24, 2.45) is 0 Å². The summed E-state index contributed by atoms with van der Waals surface area (Å²) in [5.41, 5.74) is 3.00. The maximum Gasteiger partial charge on any atom is 0.254 e. The molecule has 2 aromatic carbocycles. The van der Waals surface area contributed by atoms with E-state index in [-0.39, 0.29) is 11.9 Å². The molecule has 0 aliphatic carbocycles. The number of rotatable bonds is 1. The Balaban J connectivity index is 1.94. The maximum absolute atomic E-state index is 12.8. The van der Waals surface area contributed by atoms with Gasteiger partial charge < -0.3 is 9.80 Å². The predicted molar refractivity (Wildman–Crippen MR) is 90.5 cm³/mol. The van der Waals surface area contributed by atoms with Crippen LogP contribution in [0, 0.1) is 0 Å². The number of likely N-dealkylation sites (N-methyl/N-ethyl adjacent to an activating group) is 1. The molecule has 3 rings (SSSR count). The van der Waals surface area contributed by atoms with Gasteiger partial charge in [0, 0.05) is 42.5 Å². The summed E-state index contributed by atoms with van der Waals surface area (Å²) in [6.45, 7) is 3.45. The van der Waals surface area contributed by atoms with Gasteiger partial charge in [-0.05, 0) is 36.8 Å². The zero-order valence-electron chi connectivity index (χ0n) is 12.8. The van der Waals surface area contributed by atoms with Gasteiger partial charge in [0.05, 0.1) is 0 Å². The lowest BCUT2D eigenvalue weighted by molar-refractivity contribution is 0.0739. The maximum atomic E-state index is 12.8. The Bertz CT molecular complexity index is 701. The number of carbonyl (C=O) groups is 1. The van der Waals surface area contributed by atoms with Crippen molar-refractivity contribution < 1.29 is 4.79 Å². The van der Waals surface area contributed by atoms with Crippen LogP contribution in [0.15, 0.2) is 48.5 Å². The second kappa shape index (κ2) is 6.01. The third kappa shape index (κ3) is 2.81. The summed E-state index contributed by atoms with van der Waals surface area (Å²) in [6, 6.07) is 15.7. The number of para-hydroxylation sites is 1. The fraction of sp³-hybridized carbons (Fsp3) is 0.278. The molecule has 1 unspecified atom stereocenters. The Morgan fingerprint density at radius 3 is 2.73 bits per heavy atom. The minimum absolute atomic E-state index is 0.0273. The van der Waals surface area contributed by atoms with Gasteiger partial charge in [-0.15, -0.1) is 0 Å². The second-order valence-corrected chi connectivity index (χ2v) is 6.22. The van der Waals surface area contributed by atoms with Crippen LogP contribution in [0.2, 0.25) is 5.02 Å². The van der Waals surface area contributed by atoms with Crippen molar-refractivity contribution in [1.82, 2.24) is 4.90 Å². The molecule has 1 atom stereocenters. The van der Waals surface area contributed by atoms with Crippen molar-refractivity contribution in [2.75, 3.05) is 18.5 Å². The van der Waals surface area contributed by atoms with Gasteiger partial charge in [-0.3, -0.25) is 4.79 Å². The summed E-state index contributed by atoms with van der Waals surface area (Å²) in [6.07, 6.45) is 0. The number of amides is 1. The molecule has 22 heavy (non-hydrogen) atoms. The summed E-state index contributed by atoms with van der Waals surface area (Å²) in [5, 5.41) is 0.589. The van der Waals surface area contributed by atoms with E-state index in [1.54, 1.807) is 12.1 Å². The average Bonchev–Trinajstić information content (AvgIpc) is 2.65. The van der Waals surface area contributed by atoms with Crippen LogP contribution in [0.3, 0.4) is 0 Å². The molecule has 3 nitrogen and oxygen atoms in total. The van der Waals surface area contributed by atoms with Crippen LogP contribution in [0.4, 0.5) is 5.69 Å². The first-order valence-electron chi connectivity index (χ1n) is 7.42. The molecule has 0 radical (unpaired) electrons. The number of halogens is 1. The Morgan fingerprint density at radius 1 is 1.18 bits per heavy atom. The van der Waals surface area contributed by atoms with Gasteiger partial charge >= 0.3 is 0 Å². The summed E-state index contributed by atoms with van der Waals surface area (Å²) in [7, 11) is 2.08. The van der Waals surface area contributed by atoms with E-state index < -0.39 is 0 Å². The summed E-state index contributed by atoms with van der Waals surface area (Å²) in [4.78, 5) is 17.0. The van der Waals surface area contributed by atoms with Gasteiger partial charge in [-0.1, -0.05) is 35.9 Å². The molecule has 0 saturated carbocycles. The number of hydrogen-bond acceptors (Lipinski definition) is 2. The van der Waals surface area contributed by atoms with Gasteiger partial charge in [0.15, 0.2) is 0 Å². The molecule has 2 aromatic rings. The first kappa shape index (κ1) is 14.9. The van der Waals surface area contributed by atoms with E-state index in [1.807, 2.05) is 29.2 Å². The molecule has 4 heteroatoms. The normalized spacial score (nSPS) is 17.9. The van der Waals surface area contributed by atoms with Crippen LogP contribution in [0.5, 0.6) is 0 Å². The molecule has 114 valence electrons. The number of anilines is 1. The molecule has 1 aliphatic heterocycles. The number of fused-ring (bicyclic) bond motifs is 1. The van der Waals surface area contributed by atoms with Crippen LogP contribution in [-0.4, -0.2) is 30.4 Å². The molecule has 0 aromatic heterocycles. The molecule has 1 heterocycles. The number of carbonyl (C=O) groups excluding carboxylic acids is 1. The Hall–Kier alpha value is -2.00. The number of hydrogen-bond donors (Lipinski definition) is 0. The third-order valence-electron chi connectivity index (χ3n) is 4.24. The molecule has 0 N–H and O–H groups in total. The molecule has 0 bridgehead atoms. The van der Waals surface area contributed by atoms with E-state index in [0.717, 1.165) is 0 Å². The molecular weight excluding hydrogens is 296 g/mol. The lowest BCUT2D eigenvalue weighted by Gasteiger charge is -2.28.